The van der Waals surface area contributed by atoms with Gasteiger partial charge in [0.05, 0.1) is 0 Å². The molecule has 4 rings (SSSR count). The number of piperidine rings is 1. The first-order chi connectivity index (χ1) is 16.8. The maximum Gasteiger partial charge on any atom is 0.405 e. The van der Waals surface area contributed by atoms with E-state index in [4.69, 9.17) is 4.74 Å². The lowest BCUT2D eigenvalue weighted by atomic mass is 9.83. The van der Waals surface area contributed by atoms with Crippen LogP contribution in [0, 0.1) is 13.8 Å². The molecular formula is C27H33N3O5. The summed E-state index contributed by atoms with van der Waals surface area (Å²) >= 11 is 0. The SMILES string of the molecule is Cc1ccc(C2CC(NC(=O)c3ccccc3)CN(C(=O)C3(NC(=O)O)CCOCC3)C2)cc1C. The first kappa shape index (κ1) is 24.7. The molecular weight excluding hydrogens is 446 g/mol. The number of amides is 3. The Labute approximate surface area is 205 Å². The molecule has 8 nitrogen and oxygen atoms in total. The van der Waals surface area contributed by atoms with Gasteiger partial charge in [0.15, 0.2) is 0 Å². The highest BCUT2D eigenvalue weighted by molar-refractivity contribution is 5.94. The number of benzene rings is 2. The van der Waals surface area contributed by atoms with Gasteiger partial charge in [0.1, 0.15) is 5.54 Å². The Balaban J connectivity index is 1.61. The summed E-state index contributed by atoms with van der Waals surface area (Å²) in [6, 6.07) is 15.0. The van der Waals surface area contributed by atoms with Crippen molar-refractivity contribution in [1.82, 2.24) is 15.5 Å². The van der Waals surface area contributed by atoms with Crippen molar-refractivity contribution in [2.75, 3.05) is 26.3 Å². The van der Waals surface area contributed by atoms with Crippen LogP contribution in [0.5, 0.6) is 0 Å². The van der Waals surface area contributed by atoms with Gasteiger partial charge in [-0.25, -0.2) is 4.79 Å². The highest BCUT2D eigenvalue weighted by atomic mass is 16.5. The van der Waals surface area contributed by atoms with Crippen LogP contribution in [0.15, 0.2) is 48.5 Å². The van der Waals surface area contributed by atoms with E-state index in [1.54, 1.807) is 17.0 Å². The van der Waals surface area contributed by atoms with Crippen LogP contribution < -0.4 is 10.6 Å². The van der Waals surface area contributed by atoms with Gasteiger partial charge in [-0.15, -0.1) is 0 Å². The molecule has 0 aliphatic carbocycles. The zero-order chi connectivity index (χ0) is 25.0. The van der Waals surface area contributed by atoms with Crippen LogP contribution in [0.3, 0.4) is 0 Å². The van der Waals surface area contributed by atoms with Crippen LogP contribution in [-0.4, -0.2) is 65.8 Å². The van der Waals surface area contributed by atoms with E-state index in [1.165, 1.54) is 11.1 Å². The molecule has 2 atom stereocenters. The molecule has 2 fully saturated rings. The van der Waals surface area contributed by atoms with Crippen molar-refractivity contribution in [3.8, 4) is 0 Å². The zero-order valence-corrected chi connectivity index (χ0v) is 20.3. The predicted molar refractivity (Wildman–Crippen MR) is 131 cm³/mol. The van der Waals surface area contributed by atoms with Crippen LogP contribution in [0.4, 0.5) is 4.79 Å². The second-order valence-corrected chi connectivity index (χ2v) is 9.65. The number of nitrogens with zero attached hydrogens (tertiary/aromatic N) is 1. The topological polar surface area (TPSA) is 108 Å². The normalized spacial score (nSPS) is 21.7. The number of carboxylic acid groups (broad SMARTS) is 1. The Morgan fingerprint density at radius 3 is 2.37 bits per heavy atom. The third kappa shape index (κ3) is 5.65. The van der Waals surface area contributed by atoms with Gasteiger partial charge in [-0.2, -0.15) is 0 Å². The number of carbonyl (C=O) groups is 3. The van der Waals surface area contributed by atoms with Crippen LogP contribution >= 0.6 is 0 Å². The molecule has 2 aliphatic rings. The maximum atomic E-state index is 13.8. The molecule has 8 heteroatoms. The highest BCUT2D eigenvalue weighted by Gasteiger charge is 2.46. The minimum Gasteiger partial charge on any atom is -0.465 e. The maximum absolute atomic E-state index is 13.8. The minimum atomic E-state index is -1.23. The summed E-state index contributed by atoms with van der Waals surface area (Å²) in [7, 11) is 0. The van der Waals surface area contributed by atoms with Crippen molar-refractivity contribution >= 4 is 17.9 Å². The Morgan fingerprint density at radius 2 is 1.71 bits per heavy atom. The van der Waals surface area contributed by atoms with Gasteiger partial charge in [0.25, 0.3) is 5.91 Å². The number of aryl methyl sites for hydroxylation is 2. The van der Waals surface area contributed by atoms with Crippen molar-refractivity contribution in [2.24, 2.45) is 0 Å². The summed E-state index contributed by atoms with van der Waals surface area (Å²) in [5, 5.41) is 15.1. The van der Waals surface area contributed by atoms with Gasteiger partial charge in [0, 0.05) is 56.7 Å². The summed E-state index contributed by atoms with van der Waals surface area (Å²) in [5.74, 6) is -0.432. The summed E-state index contributed by atoms with van der Waals surface area (Å²) in [6.07, 6.45) is 0.0262. The van der Waals surface area contributed by atoms with E-state index in [2.05, 4.69) is 42.7 Å². The van der Waals surface area contributed by atoms with Crippen molar-refractivity contribution < 1.29 is 24.2 Å². The van der Waals surface area contributed by atoms with Gasteiger partial charge in [-0.1, -0.05) is 36.4 Å². The van der Waals surface area contributed by atoms with E-state index in [1.807, 2.05) is 18.2 Å². The molecule has 0 spiro atoms. The first-order valence-electron chi connectivity index (χ1n) is 12.1. The minimum absolute atomic E-state index is 0.00907. The number of rotatable bonds is 5. The van der Waals surface area contributed by atoms with E-state index in [0.29, 0.717) is 38.3 Å². The zero-order valence-electron chi connectivity index (χ0n) is 20.3. The molecule has 2 heterocycles. The van der Waals surface area contributed by atoms with E-state index in [0.717, 1.165) is 5.56 Å². The van der Waals surface area contributed by atoms with Crippen LogP contribution in [-0.2, 0) is 9.53 Å². The van der Waals surface area contributed by atoms with Crippen molar-refractivity contribution in [2.45, 2.75) is 50.6 Å². The summed E-state index contributed by atoms with van der Waals surface area (Å²) < 4.78 is 5.42. The number of hydrogen-bond donors (Lipinski definition) is 3. The second-order valence-electron chi connectivity index (χ2n) is 9.65. The smallest absolute Gasteiger partial charge is 0.405 e. The number of hydrogen-bond acceptors (Lipinski definition) is 4. The number of ether oxygens (including phenoxy) is 1. The Kier molecular flexibility index (Phi) is 7.40. The summed E-state index contributed by atoms with van der Waals surface area (Å²) in [6.45, 7) is 5.53. The monoisotopic (exact) mass is 479 g/mol. The quantitative estimate of drug-likeness (QED) is 0.610. The highest BCUT2D eigenvalue weighted by Crippen LogP contribution is 2.32. The molecule has 35 heavy (non-hydrogen) atoms. The van der Waals surface area contributed by atoms with Gasteiger partial charge in [0.2, 0.25) is 5.91 Å². The lowest BCUT2D eigenvalue weighted by Crippen LogP contribution is -2.64. The molecule has 0 aromatic heterocycles. The first-order valence-corrected chi connectivity index (χ1v) is 12.1. The lowest BCUT2D eigenvalue weighted by Gasteiger charge is -2.44. The van der Waals surface area contributed by atoms with Crippen molar-refractivity contribution in [3.05, 3.63) is 70.8 Å². The van der Waals surface area contributed by atoms with Crippen molar-refractivity contribution in [1.29, 1.82) is 0 Å². The van der Waals surface area contributed by atoms with Crippen molar-refractivity contribution in [3.63, 3.8) is 0 Å². The van der Waals surface area contributed by atoms with Gasteiger partial charge >= 0.3 is 6.09 Å². The molecule has 3 N–H and O–H groups in total. The van der Waals surface area contributed by atoms with E-state index >= 15 is 0 Å². The van der Waals surface area contributed by atoms with Crippen LogP contribution in [0.25, 0.3) is 0 Å². The van der Waals surface area contributed by atoms with E-state index in [-0.39, 0.29) is 36.6 Å². The fourth-order valence-corrected chi connectivity index (χ4v) is 5.11. The fraction of sp³-hybridized carbons (Fsp3) is 0.444. The molecule has 2 unspecified atom stereocenters. The lowest BCUT2D eigenvalue weighted by molar-refractivity contribution is -0.144. The standard InChI is InChI=1S/C27H33N3O5/c1-18-8-9-21(14-19(18)2)22-15-23(28-24(31)20-6-4-3-5-7-20)17-30(16-22)25(32)27(29-26(33)34)10-12-35-13-11-27/h3-9,14,22-23,29H,10-13,15-17H2,1-2H3,(H,28,31)(H,33,34). The molecule has 2 aromatic rings. The molecule has 0 radical (unpaired) electrons. The van der Waals surface area contributed by atoms with E-state index in [9.17, 15) is 19.5 Å². The molecule has 2 aromatic carbocycles. The van der Waals surface area contributed by atoms with Gasteiger partial charge in [-0.3, -0.25) is 9.59 Å². The molecule has 186 valence electrons. The number of nitrogens with one attached hydrogen (secondary N) is 2. The molecule has 0 saturated carbocycles. The second kappa shape index (κ2) is 10.5. The van der Waals surface area contributed by atoms with Crippen LogP contribution in [0.2, 0.25) is 0 Å². The average molecular weight is 480 g/mol. The Morgan fingerprint density at radius 1 is 1.00 bits per heavy atom. The fourth-order valence-electron chi connectivity index (χ4n) is 5.11. The summed E-state index contributed by atoms with van der Waals surface area (Å²) in [5.41, 5.74) is 2.81. The van der Waals surface area contributed by atoms with Gasteiger partial charge < -0.3 is 25.4 Å². The Bertz CT molecular complexity index is 1080. The van der Waals surface area contributed by atoms with Crippen LogP contribution in [0.1, 0.15) is 52.2 Å². The van der Waals surface area contributed by atoms with Gasteiger partial charge in [-0.05, 0) is 49.1 Å². The largest absolute Gasteiger partial charge is 0.465 e. The number of carbonyl (C=O) groups excluding carboxylic acids is 2. The third-order valence-corrected chi connectivity index (χ3v) is 7.21. The Hall–Kier alpha value is -3.39. The molecule has 3 amide bonds. The molecule has 2 aliphatic heterocycles. The number of likely N-dealkylation sites (tertiary alicyclic amines) is 1. The third-order valence-electron chi connectivity index (χ3n) is 7.21. The molecule has 2 saturated heterocycles. The predicted octanol–water partition coefficient (Wildman–Crippen LogP) is 3.23. The average Bonchev–Trinajstić information content (AvgIpc) is 2.85. The summed E-state index contributed by atoms with van der Waals surface area (Å²) in [4.78, 5) is 40.1. The molecule has 0 bridgehead atoms. The van der Waals surface area contributed by atoms with E-state index < -0.39 is 11.6 Å².